The first-order chi connectivity index (χ1) is 13.8. The monoisotopic (exact) mass is 389 g/mol. The molecule has 0 atom stereocenters. The molecule has 0 N–H and O–H groups in total. The normalized spacial score (nSPS) is 18.0. The molecule has 0 unspecified atom stereocenters. The zero-order chi connectivity index (χ0) is 18.7. The summed E-state index contributed by atoms with van der Waals surface area (Å²) in [6.45, 7) is 5.18. The van der Waals surface area contributed by atoms with Crippen LogP contribution in [-0.4, -0.2) is 41.4 Å². The summed E-state index contributed by atoms with van der Waals surface area (Å²) in [6, 6.07) is 12.7. The Balaban J connectivity index is 1.56. The van der Waals surface area contributed by atoms with Gasteiger partial charge in [0.05, 0.1) is 24.6 Å². The highest BCUT2D eigenvalue weighted by Gasteiger charge is 2.33. The van der Waals surface area contributed by atoms with Crippen LogP contribution in [0.25, 0.3) is 10.8 Å². The lowest BCUT2D eigenvalue weighted by Crippen LogP contribution is -2.38. The van der Waals surface area contributed by atoms with Crippen molar-refractivity contribution in [2.24, 2.45) is 4.99 Å². The van der Waals surface area contributed by atoms with Gasteiger partial charge in [0, 0.05) is 35.5 Å². The molecule has 3 aliphatic rings. The van der Waals surface area contributed by atoms with Gasteiger partial charge in [0.15, 0.2) is 5.17 Å². The fourth-order valence-corrected chi connectivity index (χ4v) is 5.19. The van der Waals surface area contributed by atoms with Crippen molar-refractivity contribution in [3.05, 3.63) is 47.7 Å². The van der Waals surface area contributed by atoms with Crippen molar-refractivity contribution in [1.29, 1.82) is 0 Å². The largest absolute Gasteiger partial charge is 0.378 e. The third-order valence-electron chi connectivity index (χ3n) is 5.54. The summed E-state index contributed by atoms with van der Waals surface area (Å²) in [5.74, 6) is 2.60. The molecule has 1 aromatic heterocycles. The van der Waals surface area contributed by atoms with E-state index in [1.165, 1.54) is 16.3 Å². The number of amidine groups is 1. The first-order valence-electron chi connectivity index (χ1n) is 9.53. The first kappa shape index (κ1) is 16.3. The molecule has 0 aliphatic carbocycles. The molecule has 0 bridgehead atoms. The highest BCUT2D eigenvalue weighted by atomic mass is 32.2. The standard InChI is InChI=1S/C21H19N5OS/c1-13-15-12-28-21-23-16-6-2-4-14-5-3-7-17(18(14)16)26(21)19(15)24-20(22-13)25-8-10-27-11-9-25/h2-7H,8-12H2,1H3. The average molecular weight is 389 g/mol. The minimum absolute atomic E-state index is 0.721. The maximum absolute atomic E-state index is 5.50. The van der Waals surface area contributed by atoms with Crippen LogP contribution >= 0.6 is 11.8 Å². The van der Waals surface area contributed by atoms with Gasteiger partial charge in [-0.25, -0.2) is 9.98 Å². The number of aryl methyl sites for hydroxylation is 1. The minimum Gasteiger partial charge on any atom is -0.378 e. The molecule has 3 aromatic rings. The van der Waals surface area contributed by atoms with E-state index in [1.54, 1.807) is 11.8 Å². The topological polar surface area (TPSA) is 53.9 Å². The zero-order valence-corrected chi connectivity index (χ0v) is 16.4. The second kappa shape index (κ2) is 6.18. The number of morpholine rings is 1. The highest BCUT2D eigenvalue weighted by Crippen LogP contribution is 2.47. The molecule has 0 spiro atoms. The van der Waals surface area contributed by atoms with Crippen LogP contribution in [0.15, 0.2) is 41.4 Å². The molecule has 6 nitrogen and oxygen atoms in total. The summed E-state index contributed by atoms with van der Waals surface area (Å²) in [5, 5.41) is 3.38. The van der Waals surface area contributed by atoms with Crippen molar-refractivity contribution in [3.8, 4) is 0 Å². The molecular formula is C21H19N5OS. The summed E-state index contributed by atoms with van der Waals surface area (Å²) >= 11 is 1.76. The van der Waals surface area contributed by atoms with Gasteiger partial charge in [-0.3, -0.25) is 4.90 Å². The van der Waals surface area contributed by atoms with Crippen LogP contribution in [0.4, 0.5) is 23.1 Å². The molecular weight excluding hydrogens is 370 g/mol. The van der Waals surface area contributed by atoms with E-state index in [0.717, 1.165) is 66.1 Å². The second-order valence-corrected chi connectivity index (χ2v) is 8.12. The molecule has 4 heterocycles. The van der Waals surface area contributed by atoms with Crippen LogP contribution in [0.1, 0.15) is 11.3 Å². The molecule has 2 aromatic carbocycles. The van der Waals surface area contributed by atoms with E-state index in [0.29, 0.717) is 0 Å². The van der Waals surface area contributed by atoms with Gasteiger partial charge in [-0.15, -0.1) is 0 Å². The zero-order valence-electron chi connectivity index (χ0n) is 15.6. The Morgan fingerprint density at radius 1 is 1.04 bits per heavy atom. The Bertz CT molecular complexity index is 1130. The molecule has 6 rings (SSSR count). The lowest BCUT2D eigenvalue weighted by molar-refractivity contribution is 0.122. The van der Waals surface area contributed by atoms with E-state index >= 15 is 0 Å². The first-order valence-corrected chi connectivity index (χ1v) is 10.5. The number of fused-ring (bicyclic) bond motifs is 4. The molecule has 28 heavy (non-hydrogen) atoms. The molecule has 0 saturated carbocycles. The average Bonchev–Trinajstić information content (AvgIpc) is 2.74. The number of ether oxygens (including phenoxy) is 1. The van der Waals surface area contributed by atoms with Gasteiger partial charge >= 0.3 is 0 Å². The summed E-state index contributed by atoms with van der Waals surface area (Å²) in [5.41, 5.74) is 4.42. The van der Waals surface area contributed by atoms with Crippen LogP contribution in [-0.2, 0) is 10.5 Å². The third kappa shape index (κ3) is 2.36. The van der Waals surface area contributed by atoms with E-state index in [4.69, 9.17) is 19.7 Å². The van der Waals surface area contributed by atoms with Crippen LogP contribution in [0, 0.1) is 6.92 Å². The summed E-state index contributed by atoms with van der Waals surface area (Å²) in [7, 11) is 0. The number of hydrogen-bond acceptors (Lipinski definition) is 7. The number of aromatic nitrogens is 2. The van der Waals surface area contributed by atoms with Gasteiger partial charge in [-0.05, 0) is 24.4 Å². The Morgan fingerprint density at radius 3 is 2.71 bits per heavy atom. The second-order valence-electron chi connectivity index (χ2n) is 7.18. The van der Waals surface area contributed by atoms with Crippen molar-refractivity contribution in [3.63, 3.8) is 0 Å². The summed E-state index contributed by atoms with van der Waals surface area (Å²) in [4.78, 5) is 19.3. The predicted octanol–water partition coefficient (Wildman–Crippen LogP) is 4.16. The fourth-order valence-electron chi connectivity index (χ4n) is 4.10. The van der Waals surface area contributed by atoms with Crippen LogP contribution in [0.3, 0.4) is 0 Å². The van der Waals surface area contributed by atoms with Gasteiger partial charge in [0.1, 0.15) is 5.82 Å². The van der Waals surface area contributed by atoms with E-state index in [9.17, 15) is 0 Å². The number of aliphatic imine (C=N–C) groups is 1. The molecule has 140 valence electrons. The van der Waals surface area contributed by atoms with Crippen LogP contribution < -0.4 is 9.80 Å². The lowest BCUT2D eigenvalue weighted by Gasteiger charge is -2.36. The van der Waals surface area contributed by atoms with E-state index in [-0.39, 0.29) is 0 Å². The highest BCUT2D eigenvalue weighted by molar-refractivity contribution is 8.13. The molecule has 3 aliphatic heterocycles. The van der Waals surface area contributed by atoms with Crippen LogP contribution in [0.2, 0.25) is 0 Å². The lowest BCUT2D eigenvalue weighted by atomic mass is 10.0. The van der Waals surface area contributed by atoms with E-state index in [2.05, 4.69) is 53.1 Å². The van der Waals surface area contributed by atoms with E-state index in [1.807, 2.05) is 0 Å². The van der Waals surface area contributed by atoms with Crippen molar-refractivity contribution in [2.75, 3.05) is 36.1 Å². The Labute approximate surface area is 167 Å². The summed E-state index contributed by atoms with van der Waals surface area (Å²) < 4.78 is 5.50. The smallest absolute Gasteiger partial charge is 0.227 e. The Kier molecular flexibility index (Phi) is 3.61. The number of nitrogens with zero attached hydrogens (tertiary/aromatic N) is 5. The van der Waals surface area contributed by atoms with Crippen molar-refractivity contribution in [1.82, 2.24) is 9.97 Å². The van der Waals surface area contributed by atoms with Gasteiger partial charge in [-0.2, -0.15) is 4.98 Å². The Morgan fingerprint density at radius 2 is 1.86 bits per heavy atom. The quantitative estimate of drug-likeness (QED) is 0.623. The van der Waals surface area contributed by atoms with Crippen LogP contribution in [0.5, 0.6) is 0 Å². The molecule has 1 fully saturated rings. The number of rotatable bonds is 1. The van der Waals surface area contributed by atoms with Crippen molar-refractivity contribution >= 4 is 50.8 Å². The minimum atomic E-state index is 0.721. The number of hydrogen-bond donors (Lipinski definition) is 0. The van der Waals surface area contributed by atoms with Gasteiger partial charge in [-0.1, -0.05) is 36.0 Å². The predicted molar refractivity (Wildman–Crippen MR) is 114 cm³/mol. The molecule has 0 amide bonds. The van der Waals surface area contributed by atoms with E-state index < -0.39 is 0 Å². The van der Waals surface area contributed by atoms with Gasteiger partial charge < -0.3 is 9.64 Å². The maximum Gasteiger partial charge on any atom is 0.227 e. The fraction of sp³-hybridized carbons (Fsp3) is 0.286. The number of benzene rings is 2. The SMILES string of the molecule is Cc1nc(N2CCOCC2)nc2c1CSC1=Nc3cccc4cccc(c34)N12. The molecule has 7 heteroatoms. The molecule has 0 radical (unpaired) electrons. The van der Waals surface area contributed by atoms with Crippen molar-refractivity contribution < 1.29 is 4.74 Å². The number of anilines is 3. The van der Waals surface area contributed by atoms with Gasteiger partial charge in [0.2, 0.25) is 5.95 Å². The maximum atomic E-state index is 5.50. The summed E-state index contributed by atoms with van der Waals surface area (Å²) in [6.07, 6.45) is 0. The number of thioether (sulfide) groups is 1. The third-order valence-corrected chi connectivity index (χ3v) is 6.51. The van der Waals surface area contributed by atoms with Crippen molar-refractivity contribution in [2.45, 2.75) is 12.7 Å². The Hall–Kier alpha value is -2.64. The molecule has 1 saturated heterocycles. The van der Waals surface area contributed by atoms with Gasteiger partial charge in [0.25, 0.3) is 0 Å².